The molecule has 122 valence electrons. The van der Waals surface area contributed by atoms with Crippen LogP contribution in [0.4, 0.5) is 0 Å². The second-order valence-corrected chi connectivity index (χ2v) is 5.85. The van der Waals surface area contributed by atoms with Crippen LogP contribution in [0.25, 0.3) is 0 Å². The van der Waals surface area contributed by atoms with Gasteiger partial charge in [0.2, 0.25) is 0 Å². The second-order valence-electron chi connectivity index (χ2n) is 5.85. The van der Waals surface area contributed by atoms with Crippen LogP contribution in [-0.2, 0) is 13.0 Å². The number of hydrogen-bond acceptors (Lipinski definition) is 3. The maximum absolute atomic E-state index is 12.6. The number of ether oxygens (including phenoxy) is 1. The van der Waals surface area contributed by atoms with E-state index >= 15 is 0 Å². The zero-order valence-corrected chi connectivity index (χ0v) is 13.7. The summed E-state index contributed by atoms with van der Waals surface area (Å²) in [6, 6.07) is 7.70. The van der Waals surface area contributed by atoms with Gasteiger partial charge in [0.05, 0.1) is 30.1 Å². The van der Waals surface area contributed by atoms with Crippen molar-refractivity contribution < 1.29 is 9.53 Å². The van der Waals surface area contributed by atoms with Crippen molar-refractivity contribution >= 4 is 5.91 Å². The van der Waals surface area contributed by atoms with Gasteiger partial charge in [0.1, 0.15) is 5.75 Å². The Morgan fingerprint density at radius 2 is 2.22 bits per heavy atom. The second kappa shape index (κ2) is 6.86. The minimum Gasteiger partial charge on any atom is -0.494 e. The predicted molar refractivity (Wildman–Crippen MR) is 88.7 cm³/mol. The number of rotatable bonds is 5. The highest BCUT2D eigenvalue weighted by molar-refractivity contribution is 5.95. The fraction of sp³-hybridized carbons (Fsp3) is 0.444. The van der Waals surface area contributed by atoms with E-state index in [1.165, 1.54) is 0 Å². The molecule has 1 aliphatic heterocycles. The van der Waals surface area contributed by atoms with E-state index in [4.69, 9.17) is 4.74 Å². The molecule has 1 atom stereocenters. The first-order valence-electron chi connectivity index (χ1n) is 8.28. The Balaban J connectivity index is 1.76. The van der Waals surface area contributed by atoms with Gasteiger partial charge in [-0.15, -0.1) is 0 Å². The van der Waals surface area contributed by atoms with E-state index in [2.05, 4.69) is 10.4 Å². The maximum atomic E-state index is 12.6. The zero-order valence-electron chi connectivity index (χ0n) is 13.7. The summed E-state index contributed by atoms with van der Waals surface area (Å²) in [6.07, 6.45) is 4.87. The average molecular weight is 313 g/mol. The molecule has 0 aliphatic carbocycles. The monoisotopic (exact) mass is 313 g/mol. The largest absolute Gasteiger partial charge is 0.494 e. The number of nitrogens with one attached hydrogen (secondary N) is 1. The van der Waals surface area contributed by atoms with Crippen molar-refractivity contribution in [1.29, 1.82) is 0 Å². The molecule has 1 N–H and O–H groups in total. The van der Waals surface area contributed by atoms with Crippen LogP contribution in [0.2, 0.25) is 0 Å². The molecule has 0 fully saturated rings. The molecule has 2 aromatic rings. The summed E-state index contributed by atoms with van der Waals surface area (Å²) in [6.45, 7) is 5.45. The van der Waals surface area contributed by atoms with Gasteiger partial charge < -0.3 is 10.1 Å². The molecule has 0 saturated carbocycles. The maximum Gasteiger partial charge on any atom is 0.255 e. The number of carbonyl (C=O) groups is 1. The number of benzene rings is 1. The topological polar surface area (TPSA) is 56.1 Å². The third-order valence-electron chi connectivity index (χ3n) is 4.26. The van der Waals surface area contributed by atoms with Crippen LogP contribution in [-0.4, -0.2) is 22.3 Å². The summed E-state index contributed by atoms with van der Waals surface area (Å²) in [5.74, 6) is 0.756. The molecule has 1 amide bonds. The van der Waals surface area contributed by atoms with Gasteiger partial charge >= 0.3 is 0 Å². The molecule has 1 aromatic carbocycles. The molecule has 5 nitrogen and oxygen atoms in total. The summed E-state index contributed by atoms with van der Waals surface area (Å²) in [5.41, 5.74) is 2.74. The minimum absolute atomic E-state index is 0.0630. The number of amides is 1. The van der Waals surface area contributed by atoms with Crippen LogP contribution >= 0.6 is 0 Å². The number of nitrogens with zero attached hydrogens (tertiary/aromatic N) is 2. The van der Waals surface area contributed by atoms with Crippen molar-refractivity contribution in [3.63, 3.8) is 0 Å². The van der Waals surface area contributed by atoms with E-state index < -0.39 is 0 Å². The van der Waals surface area contributed by atoms with Crippen molar-refractivity contribution in [2.24, 2.45) is 0 Å². The van der Waals surface area contributed by atoms with Gasteiger partial charge in [-0.3, -0.25) is 9.48 Å². The smallest absolute Gasteiger partial charge is 0.255 e. The third-order valence-corrected chi connectivity index (χ3v) is 4.26. The van der Waals surface area contributed by atoms with E-state index in [0.29, 0.717) is 12.2 Å². The highest BCUT2D eigenvalue weighted by atomic mass is 16.5. The van der Waals surface area contributed by atoms with Gasteiger partial charge in [0.15, 0.2) is 0 Å². The van der Waals surface area contributed by atoms with Gasteiger partial charge in [-0.1, -0.05) is 18.2 Å². The highest BCUT2D eigenvalue weighted by Crippen LogP contribution is 2.25. The van der Waals surface area contributed by atoms with Crippen LogP contribution < -0.4 is 10.1 Å². The molecule has 2 heterocycles. The Hall–Kier alpha value is -2.30. The summed E-state index contributed by atoms with van der Waals surface area (Å²) in [4.78, 5) is 12.6. The number of fused-ring (bicyclic) bond motifs is 1. The van der Waals surface area contributed by atoms with E-state index in [-0.39, 0.29) is 11.9 Å². The first-order chi connectivity index (χ1) is 11.2. The number of aryl methyl sites for hydroxylation is 1. The van der Waals surface area contributed by atoms with Crippen LogP contribution in [0.3, 0.4) is 0 Å². The molecule has 0 unspecified atom stereocenters. The molecule has 1 aromatic heterocycles. The summed E-state index contributed by atoms with van der Waals surface area (Å²) in [7, 11) is 0. The molecule has 0 spiro atoms. The fourth-order valence-corrected chi connectivity index (χ4v) is 3.09. The average Bonchev–Trinajstić information content (AvgIpc) is 2.99. The van der Waals surface area contributed by atoms with Crippen LogP contribution in [0.1, 0.15) is 54.3 Å². The molecular weight excluding hydrogens is 290 g/mol. The van der Waals surface area contributed by atoms with Gasteiger partial charge in [-0.25, -0.2) is 0 Å². The number of carbonyl (C=O) groups excluding carboxylic acids is 1. The quantitative estimate of drug-likeness (QED) is 0.923. The van der Waals surface area contributed by atoms with Crippen molar-refractivity contribution in [2.45, 2.75) is 45.7 Å². The summed E-state index contributed by atoms with van der Waals surface area (Å²) < 4.78 is 7.61. The number of hydrogen-bond donors (Lipinski definition) is 1. The SMILES string of the molecule is CCOc1ccccc1[C@@H](C)NC(=O)c1cnn2c1CCCC2. The van der Waals surface area contributed by atoms with Crippen molar-refractivity contribution in [3.8, 4) is 5.75 Å². The molecule has 0 radical (unpaired) electrons. The van der Waals surface area contributed by atoms with Gasteiger partial charge in [0.25, 0.3) is 5.91 Å². The van der Waals surface area contributed by atoms with E-state index in [0.717, 1.165) is 42.8 Å². The lowest BCUT2D eigenvalue weighted by Crippen LogP contribution is -2.28. The normalized spacial score (nSPS) is 14.9. The van der Waals surface area contributed by atoms with Crippen LogP contribution in [0.5, 0.6) is 5.75 Å². The van der Waals surface area contributed by atoms with Crippen molar-refractivity contribution in [3.05, 3.63) is 47.3 Å². The number of aromatic nitrogens is 2. The fourth-order valence-electron chi connectivity index (χ4n) is 3.09. The molecule has 0 bridgehead atoms. The van der Waals surface area contributed by atoms with Crippen molar-refractivity contribution in [1.82, 2.24) is 15.1 Å². The van der Waals surface area contributed by atoms with Gasteiger partial charge in [0, 0.05) is 12.1 Å². The van der Waals surface area contributed by atoms with E-state index in [1.807, 2.05) is 42.8 Å². The van der Waals surface area contributed by atoms with E-state index in [1.54, 1.807) is 6.20 Å². The van der Waals surface area contributed by atoms with Crippen molar-refractivity contribution in [2.75, 3.05) is 6.61 Å². The minimum atomic E-state index is -0.121. The van der Waals surface area contributed by atoms with Gasteiger partial charge in [-0.2, -0.15) is 5.10 Å². The molecule has 5 heteroatoms. The predicted octanol–water partition coefficient (Wildman–Crippen LogP) is 3.11. The lowest BCUT2D eigenvalue weighted by Gasteiger charge is -2.19. The molecule has 0 saturated heterocycles. The first-order valence-corrected chi connectivity index (χ1v) is 8.28. The molecule has 3 rings (SSSR count). The van der Waals surface area contributed by atoms with Crippen LogP contribution in [0, 0.1) is 0 Å². The first kappa shape index (κ1) is 15.6. The summed E-state index contributed by atoms with van der Waals surface area (Å²) >= 11 is 0. The standard InChI is InChI=1S/C18H23N3O2/c1-3-23-17-10-5-4-8-14(17)13(2)20-18(22)15-12-19-21-11-7-6-9-16(15)21/h4-5,8,10,12-13H,3,6-7,9,11H2,1-2H3,(H,20,22)/t13-/m1/s1. The Bertz CT molecular complexity index is 693. The lowest BCUT2D eigenvalue weighted by atomic mass is 10.0. The Morgan fingerprint density at radius 3 is 3.04 bits per heavy atom. The third kappa shape index (κ3) is 3.23. The zero-order chi connectivity index (χ0) is 16.2. The van der Waals surface area contributed by atoms with Gasteiger partial charge in [-0.05, 0) is 39.2 Å². The lowest BCUT2D eigenvalue weighted by molar-refractivity contribution is 0.0938. The number of para-hydroxylation sites is 1. The Labute approximate surface area is 136 Å². The Morgan fingerprint density at radius 1 is 1.39 bits per heavy atom. The highest BCUT2D eigenvalue weighted by Gasteiger charge is 2.22. The van der Waals surface area contributed by atoms with Crippen LogP contribution in [0.15, 0.2) is 30.5 Å². The van der Waals surface area contributed by atoms with E-state index in [9.17, 15) is 4.79 Å². The molecule has 23 heavy (non-hydrogen) atoms. The molecular formula is C18H23N3O2. The molecule has 1 aliphatic rings. The summed E-state index contributed by atoms with van der Waals surface area (Å²) in [5, 5.41) is 7.41. The Kier molecular flexibility index (Phi) is 4.65.